The summed E-state index contributed by atoms with van der Waals surface area (Å²) in [5.41, 5.74) is 4.54. The van der Waals surface area contributed by atoms with Gasteiger partial charge in [-0.3, -0.25) is 0 Å². The van der Waals surface area contributed by atoms with Crippen LogP contribution in [-0.4, -0.2) is 6.54 Å². The summed E-state index contributed by atoms with van der Waals surface area (Å²) in [6.45, 7) is 1.56. The summed E-state index contributed by atoms with van der Waals surface area (Å²) < 4.78 is 16.4. The molecule has 0 aliphatic carbocycles. The average Bonchev–Trinajstić information content (AvgIpc) is 3.42. The van der Waals surface area contributed by atoms with Gasteiger partial charge in [0.25, 0.3) is 5.01 Å². The predicted molar refractivity (Wildman–Crippen MR) is 126 cm³/mol. The topological polar surface area (TPSA) is 25.6 Å². The van der Waals surface area contributed by atoms with E-state index in [9.17, 15) is 0 Å². The fraction of sp³-hybridized carbons (Fsp3) is 0.0741. The van der Waals surface area contributed by atoms with Gasteiger partial charge in [0.1, 0.15) is 21.8 Å². The zero-order chi connectivity index (χ0) is 20.8. The molecule has 4 aromatic rings. The van der Waals surface area contributed by atoms with Crippen LogP contribution in [0.3, 0.4) is 0 Å². The van der Waals surface area contributed by atoms with Crippen molar-refractivity contribution in [2.75, 3.05) is 11.4 Å². The van der Waals surface area contributed by atoms with E-state index in [2.05, 4.69) is 76.2 Å². The van der Waals surface area contributed by atoms with Crippen LogP contribution >= 0.6 is 11.3 Å². The molecule has 4 nitrogen and oxygen atoms in total. The van der Waals surface area contributed by atoms with Crippen LogP contribution in [0, 0.1) is 0 Å². The number of allylic oxidation sites excluding steroid dienone is 3. The number of nitrogens with zero attached hydrogens (tertiary/aromatic N) is 2. The number of anilines is 1. The highest BCUT2D eigenvalue weighted by Crippen LogP contribution is 2.47. The number of fused-ring (bicyclic) bond motifs is 11. The van der Waals surface area contributed by atoms with E-state index in [1.807, 2.05) is 23.5 Å². The second-order valence-corrected chi connectivity index (χ2v) is 9.38. The van der Waals surface area contributed by atoms with Crippen molar-refractivity contribution >= 4 is 43.6 Å². The molecule has 160 valence electrons. The van der Waals surface area contributed by atoms with Crippen molar-refractivity contribution in [1.82, 2.24) is 0 Å². The Kier molecular flexibility index (Phi) is 3.87. The lowest BCUT2D eigenvalue weighted by Gasteiger charge is -2.29. The lowest BCUT2D eigenvalue weighted by Crippen LogP contribution is -3.00. The number of thiazole rings is 1. The van der Waals surface area contributed by atoms with Crippen LogP contribution in [0.1, 0.15) is 5.01 Å². The van der Waals surface area contributed by atoms with Gasteiger partial charge in [-0.15, -0.1) is 0 Å². The molecule has 0 fully saturated rings. The van der Waals surface area contributed by atoms with Gasteiger partial charge in [0.05, 0.1) is 16.6 Å². The summed E-state index contributed by atoms with van der Waals surface area (Å²) in [6.07, 6.45) is 6.60. The molecule has 0 atom stereocenters. The van der Waals surface area contributed by atoms with E-state index in [1.165, 1.54) is 26.0 Å². The Hall–Kier alpha value is -3.54. The SMILES string of the molecule is C1=C2OC3=CCN4C(=C3C=C2c2sc3ccc5ccccc5c3[n+]2C1)Oc1ccccc14.[Cl-]. The third-order valence-corrected chi connectivity index (χ3v) is 7.79. The number of para-hydroxylation sites is 2. The summed E-state index contributed by atoms with van der Waals surface area (Å²) in [7, 11) is 0. The minimum Gasteiger partial charge on any atom is -1.00 e. The van der Waals surface area contributed by atoms with Gasteiger partial charge in [0.15, 0.2) is 12.3 Å². The molecule has 0 unspecified atom stereocenters. The summed E-state index contributed by atoms with van der Waals surface area (Å²) in [5, 5.41) is 3.79. The van der Waals surface area contributed by atoms with Gasteiger partial charge in [0.2, 0.25) is 11.4 Å². The molecule has 0 amide bonds. The molecule has 0 saturated carbocycles. The van der Waals surface area contributed by atoms with Crippen molar-refractivity contribution < 1.29 is 26.4 Å². The molecule has 4 aliphatic heterocycles. The normalized spacial score (nSPS) is 17.5. The molecular weight excluding hydrogens is 452 g/mol. The monoisotopic (exact) mass is 468 g/mol. The highest BCUT2D eigenvalue weighted by atomic mass is 35.5. The molecule has 4 aliphatic rings. The molecule has 0 spiro atoms. The average molecular weight is 469 g/mol. The highest BCUT2D eigenvalue weighted by Gasteiger charge is 2.39. The van der Waals surface area contributed by atoms with Crippen molar-refractivity contribution in [3.05, 3.63) is 107 Å². The molecule has 0 bridgehead atoms. The minimum absolute atomic E-state index is 0. The van der Waals surface area contributed by atoms with Crippen LogP contribution in [0.25, 0.3) is 26.6 Å². The Labute approximate surface area is 200 Å². The van der Waals surface area contributed by atoms with Crippen LogP contribution in [0.4, 0.5) is 5.69 Å². The van der Waals surface area contributed by atoms with Crippen LogP contribution in [0.15, 0.2) is 102 Å². The van der Waals surface area contributed by atoms with Gasteiger partial charge in [-0.1, -0.05) is 47.7 Å². The first-order valence-corrected chi connectivity index (χ1v) is 11.6. The lowest BCUT2D eigenvalue weighted by atomic mass is 10.0. The third-order valence-electron chi connectivity index (χ3n) is 6.61. The molecule has 0 saturated heterocycles. The van der Waals surface area contributed by atoms with Crippen LogP contribution in [0.5, 0.6) is 5.75 Å². The number of hydrogen-bond donors (Lipinski definition) is 0. The maximum atomic E-state index is 6.42. The predicted octanol–water partition coefficient (Wildman–Crippen LogP) is 2.67. The van der Waals surface area contributed by atoms with Gasteiger partial charge in [-0.25, -0.2) is 0 Å². The van der Waals surface area contributed by atoms with Crippen molar-refractivity contribution in [1.29, 1.82) is 0 Å². The molecular formula is C27H17ClN2O2S. The molecule has 6 heteroatoms. The van der Waals surface area contributed by atoms with Gasteiger partial charge in [-0.05, 0) is 41.8 Å². The summed E-state index contributed by atoms with van der Waals surface area (Å²) in [4.78, 5) is 2.22. The second-order valence-electron chi connectivity index (χ2n) is 8.35. The maximum Gasteiger partial charge on any atom is 0.274 e. The molecule has 1 aromatic heterocycles. The number of hydrogen-bond acceptors (Lipinski definition) is 4. The Bertz CT molecular complexity index is 1640. The molecule has 0 N–H and O–H groups in total. The molecule has 0 radical (unpaired) electrons. The van der Waals surface area contributed by atoms with Crippen molar-refractivity contribution in [2.24, 2.45) is 0 Å². The van der Waals surface area contributed by atoms with E-state index in [0.717, 1.165) is 53.1 Å². The number of ether oxygens (including phenoxy) is 2. The molecule has 8 rings (SSSR count). The summed E-state index contributed by atoms with van der Waals surface area (Å²) in [5.74, 6) is 3.59. The summed E-state index contributed by atoms with van der Waals surface area (Å²) >= 11 is 1.83. The quantitative estimate of drug-likeness (QED) is 0.371. The smallest absolute Gasteiger partial charge is 0.274 e. The Morgan fingerprint density at radius 1 is 0.879 bits per heavy atom. The first-order chi connectivity index (χ1) is 15.8. The molecule has 5 heterocycles. The van der Waals surface area contributed by atoms with E-state index in [-0.39, 0.29) is 12.4 Å². The van der Waals surface area contributed by atoms with Gasteiger partial charge in [0, 0.05) is 12.6 Å². The van der Waals surface area contributed by atoms with Crippen LogP contribution in [-0.2, 0) is 11.3 Å². The van der Waals surface area contributed by atoms with Gasteiger partial charge >= 0.3 is 0 Å². The molecule has 33 heavy (non-hydrogen) atoms. The standard InChI is InChI=1S/C27H17N2O2S.ClH/c1-2-6-17-16(5-1)9-10-24-25(17)29-14-12-22-19(27(29)32-24)15-18-21(30-22)11-13-28-20-7-3-4-8-23(20)31-26(18)28;/h1-12,15H,13-14H2;1H/q+1;/p-1. The Morgan fingerprint density at radius 3 is 2.73 bits per heavy atom. The Balaban J connectivity index is 0.00000190. The fourth-order valence-electron chi connectivity index (χ4n) is 5.15. The maximum absolute atomic E-state index is 6.42. The van der Waals surface area contributed by atoms with E-state index in [4.69, 9.17) is 9.47 Å². The van der Waals surface area contributed by atoms with Crippen molar-refractivity contribution in [3.8, 4) is 5.75 Å². The van der Waals surface area contributed by atoms with E-state index < -0.39 is 0 Å². The van der Waals surface area contributed by atoms with E-state index >= 15 is 0 Å². The van der Waals surface area contributed by atoms with E-state index in [1.54, 1.807) is 0 Å². The van der Waals surface area contributed by atoms with Crippen LogP contribution in [0.2, 0.25) is 0 Å². The summed E-state index contributed by atoms with van der Waals surface area (Å²) in [6, 6.07) is 21.3. The lowest BCUT2D eigenvalue weighted by molar-refractivity contribution is -0.659. The minimum atomic E-state index is 0. The number of aromatic nitrogens is 1. The number of halogens is 1. The second kappa shape index (κ2) is 6.73. The number of benzene rings is 3. The zero-order valence-electron chi connectivity index (χ0n) is 17.4. The zero-order valence-corrected chi connectivity index (χ0v) is 19.0. The first kappa shape index (κ1) is 19.0. The molecule has 3 aromatic carbocycles. The third kappa shape index (κ3) is 2.49. The first-order valence-electron chi connectivity index (χ1n) is 10.8. The fourth-order valence-corrected chi connectivity index (χ4v) is 6.36. The van der Waals surface area contributed by atoms with Crippen molar-refractivity contribution in [2.45, 2.75) is 6.54 Å². The Morgan fingerprint density at radius 2 is 1.76 bits per heavy atom. The van der Waals surface area contributed by atoms with Crippen molar-refractivity contribution in [3.63, 3.8) is 0 Å². The van der Waals surface area contributed by atoms with E-state index in [0.29, 0.717) is 0 Å². The van der Waals surface area contributed by atoms with Crippen LogP contribution < -0.4 is 26.6 Å². The highest BCUT2D eigenvalue weighted by molar-refractivity contribution is 7.19. The van der Waals surface area contributed by atoms with Gasteiger partial charge in [-0.2, -0.15) is 4.57 Å². The largest absolute Gasteiger partial charge is 1.00 e. The number of rotatable bonds is 0. The van der Waals surface area contributed by atoms with Gasteiger partial charge < -0.3 is 26.8 Å².